The number of hydrogen-bond donors (Lipinski definition) is 0. The Bertz CT molecular complexity index is 629. The summed E-state index contributed by atoms with van der Waals surface area (Å²) in [6.07, 6.45) is 0. The molecule has 1 unspecified atom stereocenters. The average molecular weight is 432 g/mol. The first-order valence-electron chi connectivity index (χ1n) is 8.02. The molecule has 0 aliphatic rings. The van der Waals surface area contributed by atoms with Crippen LogP contribution in [0.25, 0.3) is 0 Å². The molecule has 0 fully saturated rings. The SMILES string of the molecule is CC(CI)[PH](c1ccccc1)(c1ccccc1)c1ccccc1. The molecule has 0 aliphatic carbocycles. The van der Waals surface area contributed by atoms with Crippen LogP contribution in [0.5, 0.6) is 0 Å². The topological polar surface area (TPSA) is 0 Å². The third-order valence-electron chi connectivity index (χ3n) is 4.66. The van der Waals surface area contributed by atoms with Crippen LogP contribution in [0.4, 0.5) is 0 Å². The summed E-state index contributed by atoms with van der Waals surface area (Å²) in [6.45, 7) is 2.42. The molecule has 3 aromatic carbocycles. The number of halogens is 1. The Hall–Kier alpha value is -1.18. The molecule has 0 N–H and O–H groups in total. The first-order chi connectivity index (χ1) is 11.3. The average Bonchev–Trinajstić information content (AvgIpc) is 2.65. The Balaban J connectivity index is 2.35. The zero-order valence-corrected chi connectivity index (χ0v) is 16.5. The second kappa shape index (κ2) is 7.59. The van der Waals surface area contributed by atoms with Gasteiger partial charge in [-0.15, -0.1) is 0 Å². The number of rotatable bonds is 5. The van der Waals surface area contributed by atoms with E-state index < -0.39 is 7.26 Å². The van der Waals surface area contributed by atoms with E-state index in [0.29, 0.717) is 5.66 Å². The molecule has 0 saturated carbocycles. The van der Waals surface area contributed by atoms with Crippen LogP contribution in [-0.4, -0.2) is 10.1 Å². The zero-order valence-electron chi connectivity index (χ0n) is 13.3. The van der Waals surface area contributed by atoms with Crippen LogP contribution >= 0.6 is 29.9 Å². The second-order valence-corrected chi connectivity index (χ2v) is 11.2. The number of hydrogen-bond acceptors (Lipinski definition) is 0. The molecule has 0 bridgehead atoms. The van der Waals surface area contributed by atoms with Gasteiger partial charge in [0.25, 0.3) is 0 Å². The minimum absolute atomic E-state index is 0.621. The summed E-state index contributed by atoms with van der Waals surface area (Å²) < 4.78 is 1.16. The van der Waals surface area contributed by atoms with E-state index in [1.165, 1.54) is 15.9 Å². The standard InChI is InChI=1S/C21H22IP/c1-18(17-22)23(19-11-5-2-6-12-19,20-13-7-3-8-14-20)21-15-9-4-10-16-21/h2-16,18,23H,17H2,1H3. The molecule has 0 aliphatic heterocycles. The monoisotopic (exact) mass is 432 g/mol. The first-order valence-corrected chi connectivity index (χ1v) is 11.6. The summed E-state index contributed by atoms with van der Waals surface area (Å²) >= 11 is 2.55. The molecule has 118 valence electrons. The summed E-state index contributed by atoms with van der Waals surface area (Å²) in [6, 6.07) is 33.4. The summed E-state index contributed by atoms with van der Waals surface area (Å²) in [4.78, 5) is 0. The van der Waals surface area contributed by atoms with Gasteiger partial charge in [-0.3, -0.25) is 0 Å². The summed E-state index contributed by atoms with van der Waals surface area (Å²) in [5.41, 5.74) is 0.621. The van der Waals surface area contributed by atoms with E-state index >= 15 is 0 Å². The molecule has 0 saturated heterocycles. The van der Waals surface area contributed by atoms with Crippen LogP contribution in [0.1, 0.15) is 6.92 Å². The Labute approximate surface area is 153 Å². The van der Waals surface area contributed by atoms with E-state index in [2.05, 4.69) is 121 Å². The van der Waals surface area contributed by atoms with E-state index in [9.17, 15) is 0 Å². The van der Waals surface area contributed by atoms with Gasteiger partial charge in [0.15, 0.2) is 0 Å². The molecule has 0 nitrogen and oxygen atoms in total. The van der Waals surface area contributed by atoms with Crippen LogP contribution < -0.4 is 15.9 Å². The summed E-state index contributed by atoms with van der Waals surface area (Å²) in [7, 11) is -2.03. The van der Waals surface area contributed by atoms with E-state index in [1.54, 1.807) is 0 Å². The fraction of sp³-hybridized carbons (Fsp3) is 0.143. The molecule has 2 heteroatoms. The van der Waals surface area contributed by atoms with Crippen molar-refractivity contribution in [1.29, 1.82) is 0 Å². The summed E-state index contributed by atoms with van der Waals surface area (Å²) in [5.74, 6) is 0. The van der Waals surface area contributed by atoms with Gasteiger partial charge in [-0.25, -0.2) is 0 Å². The van der Waals surface area contributed by atoms with Crippen LogP contribution in [-0.2, 0) is 0 Å². The van der Waals surface area contributed by atoms with Gasteiger partial charge >= 0.3 is 154 Å². The molecule has 0 spiro atoms. The number of benzene rings is 3. The van der Waals surface area contributed by atoms with Crippen molar-refractivity contribution in [3.05, 3.63) is 91.0 Å². The third-order valence-corrected chi connectivity index (χ3v) is 12.2. The van der Waals surface area contributed by atoms with Crippen molar-refractivity contribution in [2.24, 2.45) is 0 Å². The number of alkyl halides is 1. The maximum atomic E-state index is 2.55. The van der Waals surface area contributed by atoms with Crippen molar-refractivity contribution in [3.63, 3.8) is 0 Å². The third kappa shape index (κ3) is 3.09. The van der Waals surface area contributed by atoms with E-state index in [-0.39, 0.29) is 0 Å². The molecule has 1 atom stereocenters. The maximum absolute atomic E-state index is 2.55. The van der Waals surface area contributed by atoms with Crippen molar-refractivity contribution >= 4 is 45.8 Å². The molecule has 0 amide bonds. The van der Waals surface area contributed by atoms with E-state index in [0.717, 1.165) is 4.43 Å². The van der Waals surface area contributed by atoms with Crippen molar-refractivity contribution in [1.82, 2.24) is 0 Å². The molecule has 3 aromatic rings. The fourth-order valence-corrected chi connectivity index (χ4v) is 10.6. The first kappa shape index (κ1) is 16.7. The molecule has 3 rings (SSSR count). The van der Waals surface area contributed by atoms with Gasteiger partial charge in [-0.05, 0) is 0 Å². The molecule has 0 radical (unpaired) electrons. The molecular formula is C21H22IP. The molecule has 0 heterocycles. The van der Waals surface area contributed by atoms with Crippen molar-refractivity contribution in [2.75, 3.05) is 4.43 Å². The molecular weight excluding hydrogens is 410 g/mol. The Kier molecular flexibility index (Phi) is 5.50. The Morgan fingerprint density at radius 1 is 0.652 bits per heavy atom. The van der Waals surface area contributed by atoms with Crippen LogP contribution in [0, 0.1) is 0 Å². The predicted molar refractivity (Wildman–Crippen MR) is 115 cm³/mol. The zero-order chi connectivity index (χ0) is 16.1. The van der Waals surface area contributed by atoms with Gasteiger partial charge in [0.05, 0.1) is 0 Å². The van der Waals surface area contributed by atoms with E-state index in [4.69, 9.17) is 0 Å². The van der Waals surface area contributed by atoms with E-state index in [1.807, 2.05) is 0 Å². The van der Waals surface area contributed by atoms with Crippen LogP contribution in [0.2, 0.25) is 0 Å². The van der Waals surface area contributed by atoms with Crippen molar-refractivity contribution < 1.29 is 0 Å². The van der Waals surface area contributed by atoms with Crippen molar-refractivity contribution in [3.8, 4) is 0 Å². The normalized spacial score (nSPS) is 13.5. The quantitative estimate of drug-likeness (QED) is 0.316. The minimum atomic E-state index is -2.03. The molecule has 0 aromatic heterocycles. The van der Waals surface area contributed by atoms with Gasteiger partial charge in [-0.1, -0.05) is 0 Å². The van der Waals surface area contributed by atoms with Gasteiger partial charge in [0, 0.05) is 0 Å². The Morgan fingerprint density at radius 2 is 0.957 bits per heavy atom. The Morgan fingerprint density at radius 3 is 1.22 bits per heavy atom. The fourth-order valence-electron chi connectivity index (χ4n) is 3.57. The molecule has 23 heavy (non-hydrogen) atoms. The van der Waals surface area contributed by atoms with Crippen molar-refractivity contribution in [2.45, 2.75) is 12.6 Å². The van der Waals surface area contributed by atoms with Gasteiger partial charge < -0.3 is 0 Å². The predicted octanol–water partition coefficient (Wildman–Crippen LogP) is 4.54. The van der Waals surface area contributed by atoms with Gasteiger partial charge in [0.1, 0.15) is 0 Å². The summed E-state index contributed by atoms with van der Waals surface area (Å²) in [5, 5.41) is 4.50. The van der Waals surface area contributed by atoms with Crippen LogP contribution in [0.15, 0.2) is 91.0 Å². The van der Waals surface area contributed by atoms with Gasteiger partial charge in [-0.2, -0.15) is 0 Å². The van der Waals surface area contributed by atoms with Gasteiger partial charge in [0.2, 0.25) is 0 Å². The second-order valence-electron chi connectivity index (χ2n) is 5.96. The van der Waals surface area contributed by atoms with Crippen LogP contribution in [0.3, 0.4) is 0 Å².